The molecule has 0 bridgehead atoms. The monoisotopic (exact) mass is 296 g/mol. The average molecular weight is 296 g/mol. The first kappa shape index (κ1) is 13.6. The molecule has 2 amide bonds. The highest BCUT2D eigenvalue weighted by molar-refractivity contribution is 7.91. The molecule has 0 aromatic heterocycles. The van der Waals surface area contributed by atoms with Crippen molar-refractivity contribution in [2.24, 2.45) is 0 Å². The van der Waals surface area contributed by atoms with E-state index in [1.54, 1.807) is 0 Å². The Hall–Kier alpha value is -0.830. The first-order valence-corrected chi connectivity index (χ1v) is 9.38. The summed E-state index contributed by atoms with van der Waals surface area (Å²) in [5, 5.41) is 0. The van der Waals surface area contributed by atoms with Gasteiger partial charge in [0.15, 0.2) is 19.7 Å². The van der Waals surface area contributed by atoms with Crippen LogP contribution >= 0.6 is 0 Å². The van der Waals surface area contributed by atoms with Crippen molar-refractivity contribution in [3.63, 3.8) is 0 Å². The quantitative estimate of drug-likeness (QED) is 0.546. The van der Waals surface area contributed by atoms with Gasteiger partial charge in [-0.3, -0.25) is 0 Å². The number of sulfone groups is 2. The van der Waals surface area contributed by atoms with E-state index in [4.69, 9.17) is 0 Å². The lowest BCUT2D eigenvalue weighted by Gasteiger charge is -2.34. The summed E-state index contributed by atoms with van der Waals surface area (Å²) in [6.45, 7) is 0.795. The number of carbonyl (C=O) groups excluding carboxylic acids is 1. The van der Waals surface area contributed by atoms with Crippen LogP contribution in [0.1, 0.15) is 0 Å². The lowest BCUT2D eigenvalue weighted by molar-refractivity contribution is 0.160. The number of amides is 2. The van der Waals surface area contributed by atoms with E-state index >= 15 is 0 Å². The van der Waals surface area contributed by atoms with Gasteiger partial charge in [0.1, 0.15) is 0 Å². The smallest absolute Gasteiger partial charge is 0.320 e. The molecule has 104 valence electrons. The molecule has 2 rings (SSSR count). The molecule has 2 aliphatic heterocycles. The molecule has 2 heterocycles. The maximum Gasteiger partial charge on any atom is 0.320 e. The normalized spacial score (nSPS) is 26.9. The maximum atomic E-state index is 12.0. The minimum absolute atomic E-state index is 0.00905. The summed E-state index contributed by atoms with van der Waals surface area (Å²) in [7, 11) is -6.01. The van der Waals surface area contributed by atoms with Crippen LogP contribution < -0.4 is 0 Å². The second kappa shape index (κ2) is 4.69. The predicted octanol–water partition coefficient (Wildman–Crippen LogP) is -1.43. The highest BCUT2D eigenvalue weighted by atomic mass is 32.2. The van der Waals surface area contributed by atoms with Crippen molar-refractivity contribution in [3.8, 4) is 0 Å². The minimum Gasteiger partial charge on any atom is -0.323 e. The van der Waals surface area contributed by atoms with Crippen LogP contribution in [0.5, 0.6) is 0 Å². The van der Waals surface area contributed by atoms with Gasteiger partial charge in [0.2, 0.25) is 0 Å². The molecular formula is C9H16N2O5S2. The topological polar surface area (TPSA) is 91.8 Å². The van der Waals surface area contributed by atoms with Crippen LogP contribution in [0.15, 0.2) is 0 Å². The molecule has 0 aromatic rings. The summed E-state index contributed by atoms with van der Waals surface area (Å²) >= 11 is 0. The Kier molecular flexibility index (Phi) is 3.54. The second-order valence-electron chi connectivity index (χ2n) is 4.56. The number of hydrogen-bond donors (Lipinski definition) is 0. The van der Waals surface area contributed by atoms with Crippen LogP contribution in [0.25, 0.3) is 0 Å². The van der Waals surface area contributed by atoms with Gasteiger partial charge in [-0.05, 0) is 0 Å². The Balaban J connectivity index is 1.93. The first-order chi connectivity index (χ1) is 8.29. The fourth-order valence-electron chi connectivity index (χ4n) is 2.01. The Morgan fingerprint density at radius 3 is 1.22 bits per heavy atom. The van der Waals surface area contributed by atoms with Crippen LogP contribution in [0.2, 0.25) is 0 Å². The molecule has 9 heteroatoms. The largest absolute Gasteiger partial charge is 0.323 e. The number of carbonyl (C=O) groups is 1. The molecule has 7 nitrogen and oxygen atoms in total. The Labute approximate surface area is 107 Å². The molecule has 2 aliphatic rings. The van der Waals surface area contributed by atoms with Gasteiger partial charge in [0.25, 0.3) is 0 Å². The maximum absolute atomic E-state index is 12.0. The van der Waals surface area contributed by atoms with E-state index in [0.717, 1.165) is 0 Å². The van der Waals surface area contributed by atoms with Crippen LogP contribution in [0.4, 0.5) is 4.79 Å². The molecule has 0 unspecified atom stereocenters. The highest BCUT2D eigenvalue weighted by Crippen LogP contribution is 2.10. The fraction of sp³-hybridized carbons (Fsp3) is 0.889. The summed E-state index contributed by atoms with van der Waals surface area (Å²) in [4.78, 5) is 15.0. The first-order valence-electron chi connectivity index (χ1n) is 5.74. The molecule has 0 saturated carbocycles. The number of rotatable bonds is 0. The molecular weight excluding hydrogens is 280 g/mol. The third-order valence-corrected chi connectivity index (χ3v) is 6.45. The zero-order chi connectivity index (χ0) is 13.4. The van der Waals surface area contributed by atoms with Gasteiger partial charge < -0.3 is 9.80 Å². The van der Waals surface area contributed by atoms with Crippen LogP contribution in [-0.4, -0.2) is 81.9 Å². The van der Waals surface area contributed by atoms with Gasteiger partial charge in [-0.25, -0.2) is 21.6 Å². The number of nitrogens with zero attached hydrogens (tertiary/aromatic N) is 2. The van der Waals surface area contributed by atoms with Gasteiger partial charge in [0, 0.05) is 26.2 Å². The van der Waals surface area contributed by atoms with E-state index in [2.05, 4.69) is 0 Å². The molecule has 0 spiro atoms. The summed E-state index contributed by atoms with van der Waals surface area (Å²) in [6.07, 6.45) is 0. The number of urea groups is 1. The zero-order valence-corrected chi connectivity index (χ0v) is 11.5. The third-order valence-electron chi connectivity index (χ3n) is 3.23. The van der Waals surface area contributed by atoms with E-state index < -0.39 is 19.7 Å². The van der Waals surface area contributed by atoms with Crippen molar-refractivity contribution in [1.82, 2.24) is 9.80 Å². The molecule has 0 aromatic carbocycles. The van der Waals surface area contributed by atoms with Crippen molar-refractivity contribution in [3.05, 3.63) is 0 Å². The summed E-state index contributed by atoms with van der Waals surface area (Å²) in [5.41, 5.74) is 0. The van der Waals surface area contributed by atoms with Crippen molar-refractivity contribution in [2.45, 2.75) is 0 Å². The average Bonchev–Trinajstić information content (AvgIpc) is 2.28. The lowest BCUT2D eigenvalue weighted by Crippen LogP contribution is -2.53. The second-order valence-corrected chi connectivity index (χ2v) is 9.17. The van der Waals surface area contributed by atoms with E-state index in [1.165, 1.54) is 9.80 Å². The van der Waals surface area contributed by atoms with E-state index in [1.807, 2.05) is 0 Å². The Morgan fingerprint density at radius 2 is 0.944 bits per heavy atom. The molecule has 18 heavy (non-hydrogen) atoms. The molecule has 0 N–H and O–H groups in total. The van der Waals surface area contributed by atoms with Gasteiger partial charge in [-0.15, -0.1) is 0 Å². The van der Waals surface area contributed by atoms with Crippen molar-refractivity contribution >= 4 is 25.7 Å². The van der Waals surface area contributed by atoms with Crippen LogP contribution in [0.3, 0.4) is 0 Å². The Bertz CT molecular complexity index is 463. The summed E-state index contributed by atoms with van der Waals surface area (Å²) in [6, 6.07) is -0.250. The van der Waals surface area contributed by atoms with Gasteiger partial charge in [-0.2, -0.15) is 0 Å². The highest BCUT2D eigenvalue weighted by Gasteiger charge is 2.31. The minimum atomic E-state index is -3.01. The Morgan fingerprint density at radius 1 is 0.667 bits per heavy atom. The third kappa shape index (κ3) is 3.14. The standard InChI is InChI=1S/C9H16N2O5S2/c12-9(10-1-5-17(13,14)6-2-10)11-3-7-18(15,16)8-4-11/h1-8H2. The predicted molar refractivity (Wildman–Crippen MR) is 65.8 cm³/mol. The molecule has 0 radical (unpaired) electrons. The SMILES string of the molecule is O=C(N1CCS(=O)(=O)CC1)N1CCS(=O)(=O)CC1. The lowest BCUT2D eigenvalue weighted by atomic mass is 10.4. The van der Waals surface area contributed by atoms with Crippen molar-refractivity contribution in [1.29, 1.82) is 0 Å². The molecule has 2 saturated heterocycles. The van der Waals surface area contributed by atoms with Gasteiger partial charge >= 0.3 is 6.03 Å². The molecule has 0 aliphatic carbocycles. The number of hydrogen-bond acceptors (Lipinski definition) is 5. The molecule has 0 atom stereocenters. The summed E-state index contributed by atoms with van der Waals surface area (Å²) in [5.74, 6) is -0.0362. The van der Waals surface area contributed by atoms with Gasteiger partial charge in [0.05, 0.1) is 23.0 Å². The van der Waals surface area contributed by atoms with Crippen molar-refractivity contribution < 1.29 is 21.6 Å². The van der Waals surface area contributed by atoms with Crippen LogP contribution in [0, 0.1) is 0 Å². The molecule has 2 fully saturated rings. The van der Waals surface area contributed by atoms with E-state index in [0.29, 0.717) is 0 Å². The van der Waals surface area contributed by atoms with Crippen LogP contribution in [-0.2, 0) is 19.7 Å². The van der Waals surface area contributed by atoms with Gasteiger partial charge in [-0.1, -0.05) is 0 Å². The summed E-state index contributed by atoms with van der Waals surface area (Å²) < 4.78 is 45.0. The van der Waals surface area contributed by atoms with E-state index in [-0.39, 0.29) is 55.2 Å². The fourth-order valence-corrected chi connectivity index (χ4v) is 4.41. The zero-order valence-electron chi connectivity index (χ0n) is 9.91. The van der Waals surface area contributed by atoms with E-state index in [9.17, 15) is 21.6 Å². The van der Waals surface area contributed by atoms with Crippen molar-refractivity contribution in [2.75, 3.05) is 49.2 Å².